The van der Waals surface area contributed by atoms with Crippen molar-refractivity contribution < 1.29 is 9.53 Å². The van der Waals surface area contributed by atoms with Crippen LogP contribution in [-0.4, -0.2) is 23.3 Å². The lowest BCUT2D eigenvalue weighted by Crippen LogP contribution is -2.01. The van der Waals surface area contributed by atoms with Crippen molar-refractivity contribution in [2.24, 2.45) is 0 Å². The van der Waals surface area contributed by atoms with Crippen LogP contribution in [0.2, 0.25) is 0 Å². The van der Waals surface area contributed by atoms with Crippen molar-refractivity contribution in [2.45, 2.75) is 19.8 Å². The highest BCUT2D eigenvalue weighted by atomic mass is 16.5. The number of rotatable bonds is 3. The number of aromatic amines is 1. The Morgan fingerprint density at radius 1 is 1.50 bits per heavy atom. The number of ether oxygens (including phenoxy) is 1. The molecule has 0 aliphatic rings. The third-order valence-corrected chi connectivity index (χ3v) is 2.66. The van der Waals surface area contributed by atoms with Gasteiger partial charge in [0.25, 0.3) is 0 Å². The van der Waals surface area contributed by atoms with E-state index in [0.717, 1.165) is 22.2 Å². The minimum atomic E-state index is -0.182. The summed E-state index contributed by atoms with van der Waals surface area (Å²) >= 11 is 0. The maximum Gasteiger partial charge on any atom is 0.305 e. The highest BCUT2D eigenvalue weighted by Crippen LogP contribution is 2.17. The first-order valence-corrected chi connectivity index (χ1v) is 5.21. The molecule has 1 aromatic carbocycles. The minimum Gasteiger partial charge on any atom is -0.469 e. The molecule has 0 spiro atoms. The molecule has 0 bridgehead atoms. The fraction of sp³-hybridized carbons (Fsp3) is 0.333. The van der Waals surface area contributed by atoms with Crippen LogP contribution in [0.25, 0.3) is 10.9 Å². The number of hydrogen-bond acceptors (Lipinski definition) is 3. The van der Waals surface area contributed by atoms with Crippen molar-refractivity contribution in [3.05, 3.63) is 29.5 Å². The summed E-state index contributed by atoms with van der Waals surface area (Å²) in [5.41, 5.74) is 3.11. The standard InChI is InChI=1S/C12H14N2O2/c1-8-10-5-3-9(4-6-12(15)16-2)7-11(10)14-13-8/h3,5,7H,4,6H2,1-2H3,(H,13,14). The number of nitrogens with one attached hydrogen (secondary N) is 1. The largest absolute Gasteiger partial charge is 0.469 e. The van der Waals surface area contributed by atoms with Gasteiger partial charge in [0, 0.05) is 17.5 Å². The number of methoxy groups -OCH3 is 1. The van der Waals surface area contributed by atoms with Gasteiger partial charge in [-0.05, 0) is 25.0 Å². The first kappa shape index (κ1) is 10.7. The van der Waals surface area contributed by atoms with E-state index < -0.39 is 0 Å². The molecule has 4 nitrogen and oxygen atoms in total. The fourth-order valence-corrected chi connectivity index (χ4v) is 1.70. The second-order valence-corrected chi connectivity index (χ2v) is 3.78. The number of nitrogens with zero attached hydrogens (tertiary/aromatic N) is 1. The van der Waals surface area contributed by atoms with Crippen LogP contribution in [0.1, 0.15) is 17.7 Å². The lowest BCUT2D eigenvalue weighted by molar-refractivity contribution is -0.140. The van der Waals surface area contributed by atoms with E-state index in [1.54, 1.807) is 0 Å². The van der Waals surface area contributed by atoms with Gasteiger partial charge < -0.3 is 4.74 Å². The molecule has 0 saturated heterocycles. The summed E-state index contributed by atoms with van der Waals surface area (Å²) in [6, 6.07) is 6.05. The summed E-state index contributed by atoms with van der Waals surface area (Å²) in [6.45, 7) is 1.99. The Labute approximate surface area is 93.6 Å². The molecule has 1 aromatic heterocycles. The Bertz CT molecular complexity index is 517. The molecule has 0 aliphatic heterocycles. The highest BCUT2D eigenvalue weighted by molar-refractivity contribution is 5.81. The number of fused-ring (bicyclic) bond motifs is 1. The quantitative estimate of drug-likeness (QED) is 0.801. The number of carbonyl (C=O) groups is 1. The number of hydrogen-bond donors (Lipinski definition) is 1. The van der Waals surface area contributed by atoms with Crippen LogP contribution < -0.4 is 0 Å². The zero-order valence-corrected chi connectivity index (χ0v) is 9.41. The number of H-pyrrole nitrogens is 1. The number of aromatic nitrogens is 2. The van der Waals surface area contributed by atoms with E-state index in [0.29, 0.717) is 12.8 Å². The van der Waals surface area contributed by atoms with Crippen molar-refractivity contribution >= 4 is 16.9 Å². The van der Waals surface area contributed by atoms with Crippen molar-refractivity contribution in [3.8, 4) is 0 Å². The van der Waals surface area contributed by atoms with Gasteiger partial charge in [-0.15, -0.1) is 0 Å². The third kappa shape index (κ3) is 2.05. The van der Waals surface area contributed by atoms with E-state index in [1.165, 1.54) is 7.11 Å². The van der Waals surface area contributed by atoms with E-state index in [4.69, 9.17) is 0 Å². The van der Waals surface area contributed by atoms with Gasteiger partial charge >= 0.3 is 5.97 Å². The normalized spacial score (nSPS) is 10.6. The molecule has 0 amide bonds. The van der Waals surface area contributed by atoms with Crippen LogP contribution in [0.15, 0.2) is 18.2 Å². The zero-order chi connectivity index (χ0) is 11.5. The van der Waals surface area contributed by atoms with E-state index in [9.17, 15) is 4.79 Å². The lowest BCUT2D eigenvalue weighted by Gasteiger charge is -2.00. The summed E-state index contributed by atoms with van der Waals surface area (Å²) in [6.07, 6.45) is 1.10. The van der Waals surface area contributed by atoms with Crippen LogP contribution >= 0.6 is 0 Å². The van der Waals surface area contributed by atoms with Gasteiger partial charge in [0.1, 0.15) is 0 Å². The van der Waals surface area contributed by atoms with Gasteiger partial charge in [-0.25, -0.2) is 0 Å². The molecule has 1 heterocycles. The van der Waals surface area contributed by atoms with Gasteiger partial charge in [0.05, 0.1) is 12.6 Å². The van der Waals surface area contributed by atoms with E-state index in [1.807, 2.05) is 25.1 Å². The summed E-state index contributed by atoms with van der Waals surface area (Å²) in [4.78, 5) is 11.0. The molecule has 4 heteroatoms. The summed E-state index contributed by atoms with van der Waals surface area (Å²) in [5.74, 6) is -0.182. The smallest absolute Gasteiger partial charge is 0.305 e. The molecule has 1 N–H and O–H groups in total. The number of esters is 1. The monoisotopic (exact) mass is 218 g/mol. The van der Waals surface area contributed by atoms with Gasteiger partial charge in [0.2, 0.25) is 0 Å². The van der Waals surface area contributed by atoms with Gasteiger partial charge in [-0.2, -0.15) is 5.10 Å². The number of benzene rings is 1. The van der Waals surface area contributed by atoms with Gasteiger partial charge in [-0.1, -0.05) is 12.1 Å². The Kier molecular flexibility index (Phi) is 2.90. The summed E-state index contributed by atoms with van der Waals surface area (Å²) in [5, 5.41) is 8.25. The average Bonchev–Trinajstić information content (AvgIpc) is 2.67. The predicted octanol–water partition coefficient (Wildman–Crippen LogP) is 1.98. The molecule has 16 heavy (non-hydrogen) atoms. The second kappa shape index (κ2) is 4.35. The topological polar surface area (TPSA) is 55.0 Å². The van der Waals surface area contributed by atoms with Crippen LogP contribution in [0, 0.1) is 6.92 Å². The van der Waals surface area contributed by atoms with Crippen molar-refractivity contribution in [1.29, 1.82) is 0 Å². The highest BCUT2D eigenvalue weighted by Gasteiger charge is 2.04. The first-order valence-electron chi connectivity index (χ1n) is 5.21. The Hall–Kier alpha value is -1.84. The van der Waals surface area contributed by atoms with Crippen LogP contribution in [0.5, 0.6) is 0 Å². The molecule has 0 radical (unpaired) electrons. The van der Waals surface area contributed by atoms with E-state index >= 15 is 0 Å². The molecule has 0 fully saturated rings. The molecular formula is C12H14N2O2. The maximum absolute atomic E-state index is 11.0. The third-order valence-electron chi connectivity index (χ3n) is 2.66. The van der Waals surface area contributed by atoms with Crippen LogP contribution in [0.4, 0.5) is 0 Å². The minimum absolute atomic E-state index is 0.182. The zero-order valence-electron chi connectivity index (χ0n) is 9.41. The average molecular weight is 218 g/mol. The first-order chi connectivity index (χ1) is 7.70. The number of carbonyl (C=O) groups excluding carboxylic acids is 1. The van der Waals surface area contributed by atoms with E-state index in [-0.39, 0.29) is 5.97 Å². The molecular weight excluding hydrogens is 204 g/mol. The van der Waals surface area contributed by atoms with Gasteiger partial charge in [-0.3, -0.25) is 9.89 Å². The predicted molar refractivity (Wildman–Crippen MR) is 61.2 cm³/mol. The van der Waals surface area contributed by atoms with E-state index in [2.05, 4.69) is 14.9 Å². The van der Waals surface area contributed by atoms with Crippen molar-refractivity contribution in [2.75, 3.05) is 7.11 Å². The summed E-state index contributed by atoms with van der Waals surface area (Å²) < 4.78 is 4.60. The summed E-state index contributed by atoms with van der Waals surface area (Å²) in [7, 11) is 1.41. The molecule has 0 atom stereocenters. The SMILES string of the molecule is COC(=O)CCc1ccc2c(C)[nH]nc2c1. The van der Waals surface area contributed by atoms with Crippen molar-refractivity contribution in [1.82, 2.24) is 10.2 Å². The fourth-order valence-electron chi connectivity index (χ4n) is 1.70. The number of aryl methyl sites for hydroxylation is 2. The Morgan fingerprint density at radius 2 is 2.31 bits per heavy atom. The van der Waals surface area contributed by atoms with Crippen molar-refractivity contribution in [3.63, 3.8) is 0 Å². The van der Waals surface area contributed by atoms with Gasteiger partial charge in [0.15, 0.2) is 0 Å². The molecule has 0 saturated carbocycles. The Balaban J connectivity index is 2.17. The molecule has 0 unspecified atom stereocenters. The maximum atomic E-state index is 11.0. The molecule has 2 rings (SSSR count). The molecule has 84 valence electrons. The lowest BCUT2D eigenvalue weighted by atomic mass is 10.1. The Morgan fingerprint density at radius 3 is 3.06 bits per heavy atom. The van der Waals surface area contributed by atoms with Crippen LogP contribution in [-0.2, 0) is 16.0 Å². The van der Waals surface area contributed by atoms with Crippen LogP contribution in [0.3, 0.4) is 0 Å². The molecule has 2 aromatic rings. The second-order valence-electron chi connectivity index (χ2n) is 3.78. The molecule has 0 aliphatic carbocycles.